The van der Waals surface area contributed by atoms with Gasteiger partial charge in [-0.2, -0.15) is 11.8 Å². The molecule has 0 fully saturated rings. The number of aliphatic hydroxyl groups excluding tert-OH is 1. The summed E-state index contributed by atoms with van der Waals surface area (Å²) in [5.74, 6) is 2.29. The first-order chi connectivity index (χ1) is 3.93. The van der Waals surface area contributed by atoms with Gasteiger partial charge in [0.1, 0.15) is 0 Å². The number of aliphatic hydroxyl groups is 1. The molecule has 1 heterocycles. The normalized spacial score (nSPS) is 18.9. The van der Waals surface area contributed by atoms with Crippen LogP contribution in [0.4, 0.5) is 0 Å². The van der Waals surface area contributed by atoms with Crippen molar-refractivity contribution >= 4 is 11.8 Å². The van der Waals surface area contributed by atoms with Gasteiger partial charge in [-0.15, -0.1) is 0 Å². The minimum absolute atomic E-state index is 0.312. The first kappa shape index (κ1) is 6.17. The Morgan fingerprint density at radius 2 is 2.62 bits per heavy atom. The lowest BCUT2D eigenvalue weighted by Gasteiger charge is -1.92. The van der Waals surface area contributed by atoms with E-state index in [-0.39, 0.29) is 0 Å². The molecule has 46 valence electrons. The Labute approximate surface area is 53.8 Å². The summed E-state index contributed by atoms with van der Waals surface area (Å²) in [5, 5.41) is 8.48. The second-order valence-electron chi connectivity index (χ2n) is 1.85. The van der Waals surface area contributed by atoms with E-state index in [0.29, 0.717) is 6.61 Å². The molecular weight excluding hydrogens is 120 g/mol. The molecule has 0 unspecified atom stereocenters. The van der Waals surface area contributed by atoms with E-state index >= 15 is 0 Å². The number of rotatable bonds is 2. The Kier molecular flexibility index (Phi) is 2.43. The summed E-state index contributed by atoms with van der Waals surface area (Å²) in [6.45, 7) is 0.312. The molecule has 1 nitrogen and oxygen atoms in total. The van der Waals surface area contributed by atoms with Crippen LogP contribution in [0.3, 0.4) is 0 Å². The van der Waals surface area contributed by atoms with Crippen LogP contribution < -0.4 is 0 Å². The van der Waals surface area contributed by atoms with Crippen molar-refractivity contribution in [3.8, 4) is 0 Å². The van der Waals surface area contributed by atoms with Gasteiger partial charge in [0.05, 0.1) is 0 Å². The maximum atomic E-state index is 8.48. The maximum absolute atomic E-state index is 8.48. The largest absolute Gasteiger partial charge is 0.396 e. The number of hydrogen-bond donors (Lipinski definition) is 1. The third-order valence-electron chi connectivity index (χ3n) is 1.21. The van der Waals surface area contributed by atoms with Crippen molar-refractivity contribution in [2.75, 3.05) is 18.1 Å². The molecule has 0 aromatic heterocycles. The number of thioether (sulfide) groups is 1. The molecule has 1 rings (SSSR count). The first-order valence-corrected chi connectivity index (χ1v) is 3.95. The zero-order chi connectivity index (χ0) is 5.82. The molecule has 0 spiro atoms. The molecule has 2 heteroatoms. The first-order valence-electron chi connectivity index (χ1n) is 2.80. The van der Waals surface area contributed by atoms with E-state index < -0.39 is 0 Å². The summed E-state index contributed by atoms with van der Waals surface area (Å²) in [6.07, 6.45) is 3.09. The van der Waals surface area contributed by atoms with Gasteiger partial charge in [-0.05, 0) is 6.42 Å². The molecule has 1 aliphatic heterocycles. The minimum atomic E-state index is 0.312. The predicted molar refractivity (Wildman–Crippen MR) is 37.1 cm³/mol. The minimum Gasteiger partial charge on any atom is -0.396 e. The summed E-state index contributed by atoms with van der Waals surface area (Å²) in [4.78, 5) is 0. The molecule has 0 saturated heterocycles. The van der Waals surface area contributed by atoms with Crippen LogP contribution in [0.2, 0.25) is 0 Å². The Morgan fingerprint density at radius 1 is 1.75 bits per heavy atom. The van der Waals surface area contributed by atoms with E-state index in [1.165, 1.54) is 5.57 Å². The quantitative estimate of drug-likeness (QED) is 0.564. The van der Waals surface area contributed by atoms with E-state index in [2.05, 4.69) is 6.08 Å². The molecule has 0 aromatic carbocycles. The van der Waals surface area contributed by atoms with Crippen LogP contribution in [0.1, 0.15) is 6.42 Å². The third kappa shape index (κ3) is 1.53. The van der Waals surface area contributed by atoms with Crippen molar-refractivity contribution in [1.82, 2.24) is 0 Å². The van der Waals surface area contributed by atoms with Crippen molar-refractivity contribution in [1.29, 1.82) is 0 Å². The predicted octanol–water partition coefficient (Wildman–Crippen LogP) is 1.04. The van der Waals surface area contributed by atoms with Gasteiger partial charge in [0.15, 0.2) is 0 Å². The molecule has 0 atom stereocenters. The van der Waals surface area contributed by atoms with E-state index in [0.717, 1.165) is 17.9 Å². The zero-order valence-electron chi connectivity index (χ0n) is 4.76. The third-order valence-corrected chi connectivity index (χ3v) is 2.19. The Balaban J connectivity index is 2.23. The summed E-state index contributed by atoms with van der Waals surface area (Å²) in [6, 6.07) is 0. The summed E-state index contributed by atoms with van der Waals surface area (Å²) in [5.41, 5.74) is 1.41. The van der Waals surface area contributed by atoms with E-state index in [1.807, 2.05) is 11.8 Å². The Bertz CT molecular complexity index is 98.7. The lowest BCUT2D eigenvalue weighted by atomic mass is 10.2. The summed E-state index contributed by atoms with van der Waals surface area (Å²) < 4.78 is 0. The molecule has 8 heavy (non-hydrogen) atoms. The summed E-state index contributed by atoms with van der Waals surface area (Å²) >= 11 is 1.92. The summed E-state index contributed by atoms with van der Waals surface area (Å²) in [7, 11) is 0. The highest BCUT2D eigenvalue weighted by molar-refractivity contribution is 7.99. The van der Waals surface area contributed by atoms with Gasteiger partial charge in [0.25, 0.3) is 0 Å². The van der Waals surface area contributed by atoms with E-state index in [1.54, 1.807) is 0 Å². The molecule has 0 bridgehead atoms. The second-order valence-corrected chi connectivity index (χ2v) is 2.88. The second kappa shape index (κ2) is 3.15. The fourth-order valence-electron chi connectivity index (χ4n) is 0.744. The van der Waals surface area contributed by atoms with Crippen LogP contribution >= 0.6 is 11.8 Å². The Hall–Kier alpha value is 0.0500. The zero-order valence-corrected chi connectivity index (χ0v) is 5.58. The van der Waals surface area contributed by atoms with Crippen molar-refractivity contribution < 1.29 is 5.11 Å². The molecule has 0 amide bonds. The van der Waals surface area contributed by atoms with Crippen molar-refractivity contribution in [3.63, 3.8) is 0 Å². The average Bonchev–Trinajstić information content (AvgIpc) is 2.19. The highest BCUT2D eigenvalue weighted by Crippen LogP contribution is 2.18. The highest BCUT2D eigenvalue weighted by atomic mass is 32.2. The standard InChI is InChI=1S/C6H10OS/c7-3-1-6-2-4-8-5-6/h2,7H,1,3-5H2. The van der Waals surface area contributed by atoms with Crippen molar-refractivity contribution in [2.24, 2.45) is 0 Å². The Morgan fingerprint density at radius 3 is 3.12 bits per heavy atom. The van der Waals surface area contributed by atoms with E-state index in [4.69, 9.17) is 5.11 Å². The van der Waals surface area contributed by atoms with Crippen LogP contribution in [0, 0.1) is 0 Å². The van der Waals surface area contributed by atoms with Gasteiger partial charge in [-0.3, -0.25) is 0 Å². The molecular formula is C6H10OS. The van der Waals surface area contributed by atoms with Crippen LogP contribution in [-0.4, -0.2) is 23.2 Å². The fraction of sp³-hybridized carbons (Fsp3) is 0.667. The van der Waals surface area contributed by atoms with Gasteiger partial charge < -0.3 is 5.11 Å². The van der Waals surface area contributed by atoms with Crippen molar-refractivity contribution in [2.45, 2.75) is 6.42 Å². The molecule has 1 N–H and O–H groups in total. The number of hydrogen-bond acceptors (Lipinski definition) is 2. The lowest BCUT2D eigenvalue weighted by Crippen LogP contribution is -1.86. The molecule has 0 aliphatic carbocycles. The average molecular weight is 130 g/mol. The van der Waals surface area contributed by atoms with Gasteiger partial charge >= 0.3 is 0 Å². The smallest absolute Gasteiger partial charge is 0.0468 e. The van der Waals surface area contributed by atoms with Gasteiger partial charge in [0.2, 0.25) is 0 Å². The van der Waals surface area contributed by atoms with Crippen LogP contribution in [0.15, 0.2) is 11.6 Å². The van der Waals surface area contributed by atoms with Gasteiger partial charge in [-0.25, -0.2) is 0 Å². The van der Waals surface area contributed by atoms with Crippen LogP contribution in [-0.2, 0) is 0 Å². The molecule has 0 aromatic rings. The SMILES string of the molecule is OCCC1=CCSC1. The van der Waals surface area contributed by atoms with Crippen molar-refractivity contribution in [3.05, 3.63) is 11.6 Å². The van der Waals surface area contributed by atoms with E-state index in [9.17, 15) is 0 Å². The fourth-order valence-corrected chi connectivity index (χ4v) is 1.74. The topological polar surface area (TPSA) is 20.2 Å². The molecule has 1 aliphatic rings. The van der Waals surface area contributed by atoms with Gasteiger partial charge in [-0.1, -0.05) is 11.6 Å². The lowest BCUT2D eigenvalue weighted by molar-refractivity contribution is 0.299. The molecule has 0 saturated carbocycles. The molecule has 0 radical (unpaired) electrons. The van der Waals surface area contributed by atoms with Crippen LogP contribution in [0.5, 0.6) is 0 Å². The monoisotopic (exact) mass is 130 g/mol. The van der Waals surface area contributed by atoms with Gasteiger partial charge in [0, 0.05) is 18.1 Å². The van der Waals surface area contributed by atoms with Crippen LogP contribution in [0.25, 0.3) is 0 Å². The maximum Gasteiger partial charge on any atom is 0.0468 e. The highest BCUT2D eigenvalue weighted by Gasteiger charge is 2.01.